The molecule has 0 aromatic heterocycles. The smallest absolute Gasteiger partial charge is 0.416 e. The van der Waals surface area contributed by atoms with Gasteiger partial charge in [0.1, 0.15) is 5.75 Å². The van der Waals surface area contributed by atoms with E-state index in [0.29, 0.717) is 12.2 Å². The van der Waals surface area contributed by atoms with Gasteiger partial charge in [0, 0.05) is 0 Å². The van der Waals surface area contributed by atoms with Gasteiger partial charge in [0.25, 0.3) is 0 Å². The van der Waals surface area contributed by atoms with Crippen LogP contribution in [0.3, 0.4) is 0 Å². The van der Waals surface area contributed by atoms with E-state index in [1.165, 1.54) is 6.07 Å². The number of rotatable bonds is 3. The number of alkyl halides is 3. The summed E-state index contributed by atoms with van der Waals surface area (Å²) < 4.78 is 43.4. The summed E-state index contributed by atoms with van der Waals surface area (Å²) in [6.45, 7) is 5.58. The van der Waals surface area contributed by atoms with Gasteiger partial charge in [-0.1, -0.05) is 19.9 Å². The van der Waals surface area contributed by atoms with E-state index in [1.807, 2.05) is 0 Å². The van der Waals surface area contributed by atoms with E-state index >= 15 is 0 Å². The molecule has 0 N–H and O–H groups in total. The van der Waals surface area contributed by atoms with Crippen molar-refractivity contribution < 1.29 is 17.9 Å². The lowest BCUT2D eigenvalue weighted by Gasteiger charge is -2.16. The van der Waals surface area contributed by atoms with E-state index in [0.717, 1.165) is 6.07 Å². The van der Waals surface area contributed by atoms with Crippen LogP contribution in [0.2, 0.25) is 0 Å². The fraction of sp³-hybridized carbons (Fsp3) is 0.500. The van der Waals surface area contributed by atoms with E-state index in [-0.39, 0.29) is 11.7 Å². The molecule has 0 amide bonds. The number of hydrogen-bond acceptors (Lipinski definition) is 1. The van der Waals surface area contributed by atoms with Crippen molar-refractivity contribution in [1.82, 2.24) is 0 Å². The van der Waals surface area contributed by atoms with E-state index in [9.17, 15) is 13.2 Å². The third-order valence-corrected chi connectivity index (χ3v) is 2.26. The Morgan fingerprint density at radius 1 is 1.25 bits per heavy atom. The fourth-order valence-corrected chi connectivity index (χ4v) is 1.54. The minimum absolute atomic E-state index is 0.160. The fourth-order valence-electron chi connectivity index (χ4n) is 1.54. The van der Waals surface area contributed by atoms with Gasteiger partial charge >= 0.3 is 6.18 Å². The largest absolute Gasteiger partial charge is 0.494 e. The standard InChI is InChI=1S/C12H15F3O/c1-4-16-9-5-6-10(8(2)3)11(7-9)12(13,14)15/h5-8H,4H2,1-3H3. The summed E-state index contributed by atoms with van der Waals surface area (Å²) in [6, 6.07) is 4.13. The zero-order valence-electron chi connectivity index (χ0n) is 9.56. The molecule has 0 aliphatic carbocycles. The Morgan fingerprint density at radius 2 is 1.88 bits per heavy atom. The topological polar surface area (TPSA) is 9.23 Å². The first-order chi connectivity index (χ1) is 7.36. The van der Waals surface area contributed by atoms with Crippen molar-refractivity contribution in [3.05, 3.63) is 29.3 Å². The van der Waals surface area contributed by atoms with Crippen molar-refractivity contribution in [2.24, 2.45) is 0 Å². The van der Waals surface area contributed by atoms with Crippen molar-refractivity contribution in [1.29, 1.82) is 0 Å². The molecule has 1 aromatic carbocycles. The lowest BCUT2D eigenvalue weighted by molar-refractivity contribution is -0.138. The van der Waals surface area contributed by atoms with Crippen molar-refractivity contribution in [3.8, 4) is 5.75 Å². The van der Waals surface area contributed by atoms with Gasteiger partial charge in [-0.2, -0.15) is 13.2 Å². The Kier molecular flexibility index (Phi) is 3.83. The first kappa shape index (κ1) is 12.9. The first-order valence-electron chi connectivity index (χ1n) is 5.20. The highest BCUT2D eigenvalue weighted by Gasteiger charge is 2.34. The van der Waals surface area contributed by atoms with Crippen LogP contribution in [0.15, 0.2) is 18.2 Å². The predicted octanol–water partition coefficient (Wildman–Crippen LogP) is 4.23. The minimum Gasteiger partial charge on any atom is -0.494 e. The maximum absolute atomic E-state index is 12.8. The summed E-state index contributed by atoms with van der Waals surface area (Å²) in [5.41, 5.74) is -0.301. The van der Waals surface area contributed by atoms with E-state index < -0.39 is 11.7 Å². The first-order valence-corrected chi connectivity index (χ1v) is 5.20. The quantitative estimate of drug-likeness (QED) is 0.757. The van der Waals surface area contributed by atoms with Gasteiger partial charge in [0.2, 0.25) is 0 Å². The molecule has 0 aliphatic heterocycles. The van der Waals surface area contributed by atoms with Crippen LogP contribution in [0.1, 0.15) is 37.8 Å². The summed E-state index contributed by atoms with van der Waals surface area (Å²) in [6.07, 6.45) is -4.33. The highest BCUT2D eigenvalue weighted by molar-refractivity contribution is 5.39. The third kappa shape index (κ3) is 2.90. The maximum Gasteiger partial charge on any atom is 0.416 e. The molecule has 0 bridgehead atoms. The number of ether oxygens (including phenoxy) is 1. The molecule has 1 nitrogen and oxygen atoms in total. The van der Waals surface area contributed by atoms with Gasteiger partial charge in [-0.05, 0) is 30.5 Å². The highest BCUT2D eigenvalue weighted by Crippen LogP contribution is 2.37. The Hall–Kier alpha value is -1.19. The molecule has 1 rings (SSSR count). The monoisotopic (exact) mass is 232 g/mol. The van der Waals surface area contributed by atoms with Crippen LogP contribution in [0.5, 0.6) is 5.75 Å². The molecule has 0 saturated heterocycles. The van der Waals surface area contributed by atoms with Crippen LogP contribution in [0, 0.1) is 0 Å². The molecule has 1 aromatic rings. The number of benzene rings is 1. The Bertz CT molecular complexity index is 356. The summed E-state index contributed by atoms with van der Waals surface area (Å²) >= 11 is 0. The predicted molar refractivity (Wildman–Crippen MR) is 56.7 cm³/mol. The van der Waals surface area contributed by atoms with E-state index in [1.54, 1.807) is 26.8 Å². The molecule has 0 heterocycles. The lowest BCUT2D eigenvalue weighted by atomic mass is 9.96. The second-order valence-corrected chi connectivity index (χ2v) is 3.83. The van der Waals surface area contributed by atoms with E-state index in [2.05, 4.69) is 0 Å². The van der Waals surface area contributed by atoms with Crippen LogP contribution in [0.4, 0.5) is 13.2 Å². The van der Waals surface area contributed by atoms with Crippen LogP contribution in [-0.2, 0) is 6.18 Å². The minimum atomic E-state index is -4.33. The summed E-state index contributed by atoms with van der Waals surface area (Å²) in [5, 5.41) is 0. The van der Waals surface area contributed by atoms with Crippen LogP contribution >= 0.6 is 0 Å². The van der Waals surface area contributed by atoms with Crippen LogP contribution in [0.25, 0.3) is 0 Å². The van der Waals surface area contributed by atoms with Crippen LogP contribution < -0.4 is 4.74 Å². The molecule has 16 heavy (non-hydrogen) atoms. The molecule has 0 spiro atoms. The summed E-state index contributed by atoms with van der Waals surface area (Å²) in [5.74, 6) is 0.103. The lowest BCUT2D eigenvalue weighted by Crippen LogP contribution is -2.10. The van der Waals surface area contributed by atoms with Gasteiger partial charge in [-0.15, -0.1) is 0 Å². The van der Waals surface area contributed by atoms with Crippen molar-refractivity contribution >= 4 is 0 Å². The van der Waals surface area contributed by atoms with Crippen molar-refractivity contribution in [3.63, 3.8) is 0 Å². The van der Waals surface area contributed by atoms with Crippen LogP contribution in [-0.4, -0.2) is 6.61 Å². The van der Waals surface area contributed by atoms with Crippen molar-refractivity contribution in [2.75, 3.05) is 6.61 Å². The van der Waals surface area contributed by atoms with Crippen molar-refractivity contribution in [2.45, 2.75) is 32.9 Å². The SMILES string of the molecule is CCOc1ccc(C(C)C)c(C(F)(F)F)c1. The Balaban J connectivity index is 3.22. The molecule has 0 aliphatic rings. The molecule has 0 atom stereocenters. The molecular weight excluding hydrogens is 217 g/mol. The third-order valence-electron chi connectivity index (χ3n) is 2.26. The molecular formula is C12H15F3O. The molecule has 4 heteroatoms. The highest BCUT2D eigenvalue weighted by atomic mass is 19.4. The molecule has 0 unspecified atom stereocenters. The summed E-state index contributed by atoms with van der Waals surface area (Å²) in [7, 11) is 0. The Labute approximate surface area is 93.2 Å². The second-order valence-electron chi connectivity index (χ2n) is 3.83. The van der Waals surface area contributed by atoms with Gasteiger partial charge < -0.3 is 4.74 Å². The maximum atomic E-state index is 12.8. The van der Waals surface area contributed by atoms with Gasteiger partial charge in [-0.25, -0.2) is 0 Å². The Morgan fingerprint density at radius 3 is 2.31 bits per heavy atom. The molecule has 0 fully saturated rings. The second kappa shape index (κ2) is 4.76. The van der Waals surface area contributed by atoms with Gasteiger partial charge in [0.05, 0.1) is 12.2 Å². The summed E-state index contributed by atoms with van der Waals surface area (Å²) in [4.78, 5) is 0. The van der Waals surface area contributed by atoms with Gasteiger partial charge in [-0.3, -0.25) is 0 Å². The zero-order valence-corrected chi connectivity index (χ0v) is 9.56. The number of halogens is 3. The number of hydrogen-bond donors (Lipinski definition) is 0. The zero-order chi connectivity index (χ0) is 12.3. The molecule has 0 radical (unpaired) electrons. The molecule has 90 valence electrons. The average Bonchev–Trinajstić information content (AvgIpc) is 2.16. The average molecular weight is 232 g/mol. The molecule has 0 saturated carbocycles. The van der Waals surface area contributed by atoms with E-state index in [4.69, 9.17) is 4.74 Å². The van der Waals surface area contributed by atoms with Gasteiger partial charge in [0.15, 0.2) is 0 Å². The normalized spacial score (nSPS) is 11.9.